The van der Waals surface area contributed by atoms with Crippen molar-refractivity contribution in [2.45, 2.75) is 6.54 Å². The van der Waals surface area contributed by atoms with Crippen LogP contribution in [0, 0.1) is 0 Å². The van der Waals surface area contributed by atoms with Crippen molar-refractivity contribution in [3.05, 3.63) is 35.4 Å². The number of rotatable bonds is 5. The van der Waals surface area contributed by atoms with E-state index >= 15 is 0 Å². The second-order valence-electron chi connectivity index (χ2n) is 4.61. The molecule has 1 aromatic carbocycles. The van der Waals surface area contributed by atoms with Gasteiger partial charge in [0.15, 0.2) is 0 Å². The van der Waals surface area contributed by atoms with E-state index in [1.54, 1.807) is 0 Å². The number of hydrogen-bond acceptors (Lipinski definition) is 4. The Morgan fingerprint density at radius 2 is 2.00 bits per heavy atom. The SMILES string of the molecule is Cl.Cl.NCc1cccc(C(=O)NCCN2CCOCC2)c1. The molecular formula is C14H23Cl2N3O2. The molecule has 0 spiro atoms. The second-order valence-corrected chi connectivity index (χ2v) is 4.61. The minimum absolute atomic E-state index is 0. The number of ether oxygens (including phenoxy) is 1. The van der Waals surface area contributed by atoms with Gasteiger partial charge >= 0.3 is 0 Å². The normalized spacial score (nSPS) is 14.7. The van der Waals surface area contributed by atoms with E-state index in [9.17, 15) is 4.79 Å². The van der Waals surface area contributed by atoms with Gasteiger partial charge in [-0.1, -0.05) is 12.1 Å². The van der Waals surface area contributed by atoms with E-state index in [4.69, 9.17) is 10.5 Å². The summed E-state index contributed by atoms with van der Waals surface area (Å²) in [5, 5.41) is 2.94. The van der Waals surface area contributed by atoms with Crippen LogP contribution >= 0.6 is 24.8 Å². The van der Waals surface area contributed by atoms with Crippen molar-refractivity contribution >= 4 is 30.7 Å². The van der Waals surface area contributed by atoms with Gasteiger partial charge in [-0.15, -0.1) is 24.8 Å². The molecular weight excluding hydrogens is 313 g/mol. The molecule has 0 radical (unpaired) electrons. The van der Waals surface area contributed by atoms with Crippen LogP contribution in [-0.4, -0.2) is 50.2 Å². The monoisotopic (exact) mass is 335 g/mol. The van der Waals surface area contributed by atoms with Gasteiger partial charge in [0, 0.05) is 38.3 Å². The van der Waals surface area contributed by atoms with Crippen LogP contribution in [0.3, 0.4) is 0 Å². The largest absolute Gasteiger partial charge is 0.379 e. The molecule has 2 rings (SSSR count). The molecule has 0 bridgehead atoms. The van der Waals surface area contributed by atoms with Crippen molar-refractivity contribution in [3.63, 3.8) is 0 Å². The Morgan fingerprint density at radius 3 is 2.67 bits per heavy atom. The smallest absolute Gasteiger partial charge is 0.251 e. The lowest BCUT2D eigenvalue weighted by Gasteiger charge is -2.26. The van der Waals surface area contributed by atoms with Crippen LogP contribution in [0.2, 0.25) is 0 Å². The van der Waals surface area contributed by atoms with Crippen molar-refractivity contribution in [2.24, 2.45) is 5.73 Å². The minimum Gasteiger partial charge on any atom is -0.379 e. The zero-order valence-corrected chi connectivity index (χ0v) is 13.5. The van der Waals surface area contributed by atoms with Crippen molar-refractivity contribution in [1.82, 2.24) is 10.2 Å². The summed E-state index contributed by atoms with van der Waals surface area (Å²) in [6.45, 7) is 5.43. The lowest BCUT2D eigenvalue weighted by Crippen LogP contribution is -2.41. The number of halogens is 2. The molecule has 1 amide bonds. The topological polar surface area (TPSA) is 67.6 Å². The quantitative estimate of drug-likeness (QED) is 0.844. The van der Waals surface area contributed by atoms with Crippen molar-refractivity contribution < 1.29 is 9.53 Å². The molecule has 0 atom stereocenters. The van der Waals surface area contributed by atoms with Gasteiger partial charge in [-0.25, -0.2) is 0 Å². The number of carbonyl (C=O) groups excluding carboxylic acids is 1. The van der Waals surface area contributed by atoms with Crippen LogP contribution in [0.4, 0.5) is 0 Å². The number of nitrogens with zero attached hydrogens (tertiary/aromatic N) is 1. The van der Waals surface area contributed by atoms with Gasteiger partial charge in [0.2, 0.25) is 0 Å². The summed E-state index contributed by atoms with van der Waals surface area (Å²) in [5.74, 6) is -0.0384. The molecule has 0 unspecified atom stereocenters. The first kappa shape index (κ1) is 20.1. The summed E-state index contributed by atoms with van der Waals surface area (Å²) in [6.07, 6.45) is 0. The fourth-order valence-corrected chi connectivity index (χ4v) is 2.09. The maximum absolute atomic E-state index is 12.0. The van der Waals surface area contributed by atoms with Crippen LogP contribution in [-0.2, 0) is 11.3 Å². The molecule has 0 aliphatic carbocycles. The average molecular weight is 336 g/mol. The first-order valence-electron chi connectivity index (χ1n) is 6.67. The highest BCUT2D eigenvalue weighted by molar-refractivity contribution is 5.94. The number of amides is 1. The number of nitrogens with one attached hydrogen (secondary N) is 1. The van der Waals surface area contributed by atoms with Gasteiger partial charge in [0.05, 0.1) is 13.2 Å². The third kappa shape index (κ3) is 6.63. The molecule has 0 aromatic heterocycles. The highest BCUT2D eigenvalue weighted by Gasteiger charge is 2.10. The van der Waals surface area contributed by atoms with Crippen LogP contribution in [0.25, 0.3) is 0 Å². The summed E-state index contributed by atoms with van der Waals surface area (Å²) in [5.41, 5.74) is 7.21. The molecule has 1 aliphatic rings. The van der Waals surface area contributed by atoms with Crippen LogP contribution < -0.4 is 11.1 Å². The molecule has 21 heavy (non-hydrogen) atoms. The Bertz CT molecular complexity index is 426. The Kier molecular flexibility index (Phi) is 10.4. The predicted molar refractivity (Wildman–Crippen MR) is 88.4 cm³/mol. The van der Waals surface area contributed by atoms with Gasteiger partial charge < -0.3 is 15.8 Å². The maximum atomic E-state index is 12.0. The Labute approximate surface area is 138 Å². The zero-order chi connectivity index (χ0) is 13.5. The third-order valence-corrected chi connectivity index (χ3v) is 3.24. The van der Waals surface area contributed by atoms with Gasteiger partial charge in [-0.2, -0.15) is 0 Å². The average Bonchev–Trinajstić information content (AvgIpc) is 2.48. The van der Waals surface area contributed by atoms with Crippen molar-refractivity contribution in [2.75, 3.05) is 39.4 Å². The second kappa shape index (κ2) is 10.8. The third-order valence-electron chi connectivity index (χ3n) is 3.24. The van der Waals surface area contributed by atoms with Crippen LogP contribution in [0.15, 0.2) is 24.3 Å². The number of morpholine rings is 1. The first-order valence-corrected chi connectivity index (χ1v) is 6.67. The van der Waals surface area contributed by atoms with E-state index in [2.05, 4.69) is 10.2 Å². The van der Waals surface area contributed by atoms with Gasteiger partial charge in [0.25, 0.3) is 5.91 Å². The number of hydrogen-bond donors (Lipinski definition) is 2. The van der Waals surface area contributed by atoms with E-state index in [0.29, 0.717) is 18.7 Å². The van der Waals surface area contributed by atoms with E-state index in [0.717, 1.165) is 38.4 Å². The molecule has 1 aliphatic heterocycles. The molecule has 1 heterocycles. The first-order chi connectivity index (χ1) is 9.29. The number of carbonyl (C=O) groups is 1. The molecule has 0 saturated carbocycles. The summed E-state index contributed by atoms with van der Waals surface area (Å²) in [7, 11) is 0. The van der Waals surface area contributed by atoms with Gasteiger partial charge in [-0.3, -0.25) is 9.69 Å². The highest BCUT2D eigenvalue weighted by atomic mass is 35.5. The number of nitrogens with two attached hydrogens (primary N) is 1. The van der Waals surface area contributed by atoms with E-state index in [1.807, 2.05) is 24.3 Å². The molecule has 5 nitrogen and oxygen atoms in total. The molecule has 3 N–H and O–H groups in total. The molecule has 1 saturated heterocycles. The van der Waals surface area contributed by atoms with Crippen molar-refractivity contribution in [1.29, 1.82) is 0 Å². The maximum Gasteiger partial charge on any atom is 0.251 e. The Hall–Kier alpha value is -0.850. The molecule has 1 fully saturated rings. The lowest BCUT2D eigenvalue weighted by atomic mass is 10.1. The zero-order valence-electron chi connectivity index (χ0n) is 11.9. The van der Waals surface area contributed by atoms with E-state index < -0.39 is 0 Å². The molecule has 120 valence electrons. The summed E-state index contributed by atoms with van der Waals surface area (Å²) < 4.78 is 5.28. The van der Waals surface area contributed by atoms with E-state index in [-0.39, 0.29) is 30.7 Å². The minimum atomic E-state index is -0.0384. The van der Waals surface area contributed by atoms with Gasteiger partial charge in [0.1, 0.15) is 0 Å². The fraction of sp³-hybridized carbons (Fsp3) is 0.500. The fourth-order valence-electron chi connectivity index (χ4n) is 2.09. The van der Waals surface area contributed by atoms with Crippen LogP contribution in [0.5, 0.6) is 0 Å². The predicted octanol–water partition coefficient (Wildman–Crippen LogP) is 1.05. The van der Waals surface area contributed by atoms with E-state index in [1.165, 1.54) is 0 Å². The van der Waals surface area contributed by atoms with Crippen molar-refractivity contribution in [3.8, 4) is 0 Å². The summed E-state index contributed by atoms with van der Waals surface area (Å²) >= 11 is 0. The lowest BCUT2D eigenvalue weighted by molar-refractivity contribution is 0.0383. The Morgan fingerprint density at radius 1 is 1.29 bits per heavy atom. The molecule has 1 aromatic rings. The summed E-state index contributed by atoms with van der Waals surface area (Å²) in [6, 6.07) is 7.43. The highest BCUT2D eigenvalue weighted by Crippen LogP contribution is 2.04. The standard InChI is InChI=1S/C14H21N3O2.2ClH/c15-11-12-2-1-3-13(10-12)14(18)16-4-5-17-6-8-19-9-7-17;;/h1-3,10H,4-9,11,15H2,(H,16,18);2*1H. The number of benzene rings is 1. The van der Waals surface area contributed by atoms with Crippen LogP contribution in [0.1, 0.15) is 15.9 Å². The summed E-state index contributed by atoms with van der Waals surface area (Å²) in [4.78, 5) is 14.3. The Balaban J connectivity index is 0.00000200. The molecule has 7 heteroatoms. The van der Waals surface area contributed by atoms with Gasteiger partial charge in [-0.05, 0) is 17.7 Å².